The molecule has 1 aromatic carbocycles. The van der Waals surface area contributed by atoms with E-state index in [1.54, 1.807) is 44.7 Å². The monoisotopic (exact) mass is 401 g/mol. The number of hydrogen-bond acceptors (Lipinski definition) is 6. The zero-order valence-corrected chi connectivity index (χ0v) is 16.4. The van der Waals surface area contributed by atoms with Crippen LogP contribution in [0.1, 0.15) is 10.4 Å². The Bertz CT molecular complexity index is 1010. The summed E-state index contributed by atoms with van der Waals surface area (Å²) < 4.78 is 12.4. The number of carbonyl (C=O) groups excluding carboxylic acids is 1. The van der Waals surface area contributed by atoms with Crippen molar-refractivity contribution in [3.63, 3.8) is 0 Å². The molecule has 0 aliphatic carbocycles. The summed E-state index contributed by atoms with van der Waals surface area (Å²) in [5.41, 5.74) is 1.31. The summed E-state index contributed by atoms with van der Waals surface area (Å²) >= 11 is 6.10. The summed E-state index contributed by atoms with van der Waals surface area (Å²) in [6, 6.07) is 8.82. The van der Waals surface area contributed by atoms with Gasteiger partial charge in [0.05, 0.1) is 19.2 Å². The average Bonchev–Trinajstić information content (AvgIpc) is 3.15. The number of aromatic nitrogens is 3. The highest BCUT2D eigenvalue weighted by atomic mass is 35.5. The molecule has 0 N–H and O–H groups in total. The normalized spacial score (nSPS) is 14.4. The molecular weight excluding hydrogens is 382 g/mol. The molecule has 8 nitrogen and oxygen atoms in total. The molecule has 0 spiro atoms. The van der Waals surface area contributed by atoms with Gasteiger partial charge >= 0.3 is 0 Å². The van der Waals surface area contributed by atoms with Crippen LogP contribution in [0.15, 0.2) is 36.5 Å². The van der Waals surface area contributed by atoms with Crippen molar-refractivity contribution in [3.8, 4) is 11.5 Å². The molecule has 0 saturated carbocycles. The molecule has 0 radical (unpaired) electrons. The van der Waals surface area contributed by atoms with Gasteiger partial charge in [-0.3, -0.25) is 9.20 Å². The summed E-state index contributed by atoms with van der Waals surface area (Å²) in [6.07, 6.45) is 1.80. The van der Waals surface area contributed by atoms with Gasteiger partial charge in [0.1, 0.15) is 0 Å². The molecule has 3 heterocycles. The van der Waals surface area contributed by atoms with Crippen LogP contribution in [0.3, 0.4) is 0 Å². The predicted molar refractivity (Wildman–Crippen MR) is 106 cm³/mol. The first-order valence-corrected chi connectivity index (χ1v) is 9.25. The van der Waals surface area contributed by atoms with Gasteiger partial charge in [0, 0.05) is 37.9 Å². The Morgan fingerprint density at radius 1 is 1.00 bits per heavy atom. The van der Waals surface area contributed by atoms with Gasteiger partial charge in [-0.05, 0) is 30.3 Å². The van der Waals surface area contributed by atoms with Crippen molar-refractivity contribution in [2.45, 2.75) is 0 Å². The van der Waals surface area contributed by atoms with E-state index < -0.39 is 0 Å². The minimum Gasteiger partial charge on any atom is -0.493 e. The van der Waals surface area contributed by atoms with Crippen LogP contribution in [0.25, 0.3) is 5.65 Å². The second-order valence-corrected chi connectivity index (χ2v) is 6.86. The Labute approximate surface area is 167 Å². The van der Waals surface area contributed by atoms with Crippen LogP contribution < -0.4 is 14.4 Å². The summed E-state index contributed by atoms with van der Waals surface area (Å²) in [5, 5.41) is 9.08. The molecule has 0 bridgehead atoms. The molecule has 1 amide bonds. The molecule has 3 aromatic rings. The fourth-order valence-corrected chi connectivity index (χ4v) is 3.49. The van der Waals surface area contributed by atoms with E-state index in [2.05, 4.69) is 15.1 Å². The minimum absolute atomic E-state index is 0.0326. The summed E-state index contributed by atoms with van der Waals surface area (Å²) in [5.74, 6) is 1.84. The van der Waals surface area contributed by atoms with Crippen LogP contribution in [0.5, 0.6) is 11.5 Å². The number of ether oxygens (including phenoxy) is 2. The maximum atomic E-state index is 12.9. The number of carbonyl (C=O) groups is 1. The molecule has 0 unspecified atom stereocenters. The number of fused-ring (bicyclic) bond motifs is 1. The topological polar surface area (TPSA) is 72.2 Å². The van der Waals surface area contributed by atoms with Gasteiger partial charge < -0.3 is 19.3 Å². The molecule has 146 valence electrons. The Kier molecular flexibility index (Phi) is 4.95. The predicted octanol–water partition coefficient (Wildman–Crippen LogP) is 2.36. The number of hydrogen-bond donors (Lipinski definition) is 0. The van der Waals surface area contributed by atoms with Crippen molar-refractivity contribution in [1.29, 1.82) is 0 Å². The van der Waals surface area contributed by atoms with E-state index in [1.807, 2.05) is 15.4 Å². The van der Waals surface area contributed by atoms with Gasteiger partial charge in [-0.15, -0.1) is 10.2 Å². The molecular formula is C19H20ClN5O3. The Balaban J connectivity index is 1.48. The number of methoxy groups -OCH3 is 2. The van der Waals surface area contributed by atoms with E-state index in [0.29, 0.717) is 48.3 Å². The highest BCUT2D eigenvalue weighted by Gasteiger charge is 2.25. The van der Waals surface area contributed by atoms with Crippen LogP contribution in [0.2, 0.25) is 5.02 Å². The SMILES string of the molecule is COc1ccc(C(=O)N2CCN(c3nnc4ccc(Cl)cn34)CC2)cc1OC. The zero-order chi connectivity index (χ0) is 19.7. The number of halogens is 1. The largest absolute Gasteiger partial charge is 0.493 e. The number of benzene rings is 1. The average molecular weight is 402 g/mol. The van der Waals surface area contributed by atoms with E-state index in [0.717, 1.165) is 11.6 Å². The summed E-state index contributed by atoms with van der Waals surface area (Å²) in [7, 11) is 3.12. The van der Waals surface area contributed by atoms with Crippen molar-refractivity contribution in [2.75, 3.05) is 45.3 Å². The van der Waals surface area contributed by atoms with Crippen LogP contribution in [-0.4, -0.2) is 65.8 Å². The first kappa shape index (κ1) is 18.4. The van der Waals surface area contributed by atoms with Crippen molar-refractivity contribution < 1.29 is 14.3 Å². The number of anilines is 1. The maximum Gasteiger partial charge on any atom is 0.254 e. The van der Waals surface area contributed by atoms with Crippen molar-refractivity contribution >= 4 is 29.1 Å². The lowest BCUT2D eigenvalue weighted by Crippen LogP contribution is -2.49. The molecule has 1 fully saturated rings. The van der Waals surface area contributed by atoms with E-state index in [9.17, 15) is 4.79 Å². The number of nitrogens with zero attached hydrogens (tertiary/aromatic N) is 5. The highest BCUT2D eigenvalue weighted by Crippen LogP contribution is 2.28. The molecule has 28 heavy (non-hydrogen) atoms. The standard InChI is InChI=1S/C19H20ClN5O3/c1-27-15-5-3-13(11-16(15)28-2)18(26)23-7-9-24(10-8-23)19-22-21-17-6-4-14(20)12-25(17)19/h3-6,11-12H,7-10H2,1-2H3. The first-order chi connectivity index (χ1) is 13.6. The zero-order valence-electron chi connectivity index (χ0n) is 15.6. The quantitative estimate of drug-likeness (QED) is 0.668. The molecule has 1 aliphatic rings. The second kappa shape index (κ2) is 7.55. The van der Waals surface area contributed by atoms with Crippen molar-refractivity contribution in [2.24, 2.45) is 0 Å². The number of pyridine rings is 1. The van der Waals surface area contributed by atoms with E-state index in [4.69, 9.17) is 21.1 Å². The minimum atomic E-state index is -0.0326. The molecule has 1 saturated heterocycles. The fraction of sp³-hybridized carbons (Fsp3) is 0.316. The lowest BCUT2D eigenvalue weighted by Gasteiger charge is -2.34. The molecule has 0 atom stereocenters. The molecule has 1 aliphatic heterocycles. The summed E-state index contributed by atoms with van der Waals surface area (Å²) in [6.45, 7) is 2.49. The van der Waals surface area contributed by atoms with Crippen LogP contribution in [0.4, 0.5) is 5.95 Å². The van der Waals surface area contributed by atoms with Gasteiger partial charge in [-0.2, -0.15) is 0 Å². The van der Waals surface area contributed by atoms with Crippen LogP contribution >= 0.6 is 11.6 Å². The van der Waals surface area contributed by atoms with Crippen LogP contribution in [0, 0.1) is 0 Å². The number of rotatable bonds is 4. The van der Waals surface area contributed by atoms with Crippen LogP contribution in [-0.2, 0) is 0 Å². The molecule has 9 heteroatoms. The summed E-state index contributed by atoms with van der Waals surface area (Å²) in [4.78, 5) is 16.8. The first-order valence-electron chi connectivity index (χ1n) is 8.87. The maximum absolute atomic E-state index is 12.9. The number of amides is 1. The third-order valence-corrected chi connectivity index (χ3v) is 5.05. The van der Waals surface area contributed by atoms with Gasteiger partial charge in [0.2, 0.25) is 5.95 Å². The Morgan fingerprint density at radius 3 is 2.46 bits per heavy atom. The lowest BCUT2D eigenvalue weighted by molar-refractivity contribution is 0.0745. The molecule has 2 aromatic heterocycles. The van der Waals surface area contributed by atoms with Gasteiger partial charge in [-0.1, -0.05) is 11.6 Å². The number of piperazine rings is 1. The lowest BCUT2D eigenvalue weighted by atomic mass is 10.1. The molecule has 4 rings (SSSR count). The fourth-order valence-electron chi connectivity index (χ4n) is 3.33. The Hall–Kier alpha value is -3.00. The highest BCUT2D eigenvalue weighted by molar-refractivity contribution is 6.30. The second-order valence-electron chi connectivity index (χ2n) is 6.42. The van der Waals surface area contributed by atoms with Gasteiger partial charge in [0.25, 0.3) is 5.91 Å². The van der Waals surface area contributed by atoms with Crippen molar-refractivity contribution in [3.05, 3.63) is 47.1 Å². The Morgan fingerprint density at radius 2 is 1.75 bits per heavy atom. The third-order valence-electron chi connectivity index (χ3n) is 4.83. The van der Waals surface area contributed by atoms with Gasteiger partial charge in [-0.25, -0.2) is 0 Å². The van der Waals surface area contributed by atoms with Gasteiger partial charge in [0.15, 0.2) is 17.1 Å². The third kappa shape index (κ3) is 3.31. The van der Waals surface area contributed by atoms with E-state index in [1.165, 1.54) is 0 Å². The van der Waals surface area contributed by atoms with Crippen molar-refractivity contribution in [1.82, 2.24) is 19.5 Å². The smallest absolute Gasteiger partial charge is 0.254 e. The van der Waals surface area contributed by atoms with E-state index in [-0.39, 0.29) is 5.91 Å². The van der Waals surface area contributed by atoms with E-state index >= 15 is 0 Å².